The van der Waals surface area contributed by atoms with Crippen molar-refractivity contribution < 1.29 is 8.42 Å². The standard InChI is InChI=1S/C14H21ClN2O2S/c1-10(16)14(12-5-3-4-6-13(12)15)17(2)11-7-8-20(18,19)9-11/h3-6,10-11,14H,7-9,16H2,1-2H3. The molecule has 1 saturated heterocycles. The first-order chi connectivity index (χ1) is 9.32. The fourth-order valence-corrected chi connectivity index (χ4v) is 4.95. The Labute approximate surface area is 125 Å². The Bertz CT molecular complexity index is 574. The largest absolute Gasteiger partial charge is 0.326 e. The van der Waals surface area contributed by atoms with Gasteiger partial charge in [-0.1, -0.05) is 29.8 Å². The zero-order valence-corrected chi connectivity index (χ0v) is 13.4. The van der Waals surface area contributed by atoms with Crippen LogP contribution >= 0.6 is 11.6 Å². The van der Waals surface area contributed by atoms with Crippen LogP contribution in [-0.2, 0) is 9.84 Å². The molecule has 1 fully saturated rings. The van der Waals surface area contributed by atoms with Crippen LogP contribution in [0.15, 0.2) is 24.3 Å². The maximum Gasteiger partial charge on any atom is 0.151 e. The van der Waals surface area contributed by atoms with Gasteiger partial charge in [-0.3, -0.25) is 4.90 Å². The van der Waals surface area contributed by atoms with Gasteiger partial charge in [-0.2, -0.15) is 0 Å². The minimum atomic E-state index is -2.91. The lowest BCUT2D eigenvalue weighted by molar-refractivity contribution is 0.168. The van der Waals surface area contributed by atoms with Crippen LogP contribution in [0.5, 0.6) is 0 Å². The number of hydrogen-bond acceptors (Lipinski definition) is 4. The lowest BCUT2D eigenvalue weighted by atomic mass is 9.98. The Morgan fingerprint density at radius 2 is 2.05 bits per heavy atom. The van der Waals surface area contributed by atoms with Gasteiger partial charge in [0.05, 0.1) is 17.5 Å². The summed E-state index contributed by atoms with van der Waals surface area (Å²) in [5, 5.41) is 0.669. The monoisotopic (exact) mass is 316 g/mol. The first-order valence-corrected chi connectivity index (χ1v) is 8.94. The van der Waals surface area contributed by atoms with Crippen molar-refractivity contribution in [1.82, 2.24) is 4.90 Å². The normalized spacial score (nSPS) is 24.8. The zero-order chi connectivity index (χ0) is 14.9. The summed E-state index contributed by atoms with van der Waals surface area (Å²) in [4.78, 5) is 2.07. The summed E-state index contributed by atoms with van der Waals surface area (Å²) in [7, 11) is -0.974. The van der Waals surface area contributed by atoms with E-state index in [0.29, 0.717) is 11.4 Å². The Morgan fingerprint density at radius 3 is 2.55 bits per heavy atom. The minimum Gasteiger partial charge on any atom is -0.326 e. The van der Waals surface area contributed by atoms with Gasteiger partial charge >= 0.3 is 0 Å². The van der Waals surface area contributed by atoms with Gasteiger partial charge in [0.15, 0.2) is 9.84 Å². The second-order valence-corrected chi connectivity index (χ2v) is 8.18. The predicted molar refractivity (Wildman–Crippen MR) is 82.7 cm³/mol. The fraction of sp³-hybridized carbons (Fsp3) is 0.571. The molecule has 0 aliphatic carbocycles. The molecule has 0 radical (unpaired) electrons. The van der Waals surface area contributed by atoms with Crippen molar-refractivity contribution in [3.05, 3.63) is 34.9 Å². The van der Waals surface area contributed by atoms with E-state index in [9.17, 15) is 8.42 Å². The van der Waals surface area contributed by atoms with Gasteiger partial charge in [-0.05, 0) is 32.0 Å². The Kier molecular flexibility index (Phi) is 4.74. The van der Waals surface area contributed by atoms with Crippen molar-refractivity contribution in [1.29, 1.82) is 0 Å². The summed E-state index contributed by atoms with van der Waals surface area (Å²) in [6.07, 6.45) is 0.659. The fourth-order valence-electron chi connectivity index (χ4n) is 2.91. The second-order valence-electron chi connectivity index (χ2n) is 5.55. The zero-order valence-electron chi connectivity index (χ0n) is 11.8. The third-order valence-electron chi connectivity index (χ3n) is 3.95. The number of halogens is 1. The lowest BCUT2D eigenvalue weighted by Crippen LogP contribution is -2.43. The van der Waals surface area contributed by atoms with Crippen LogP contribution in [-0.4, -0.2) is 44.0 Å². The molecule has 0 amide bonds. The number of hydrogen-bond donors (Lipinski definition) is 1. The van der Waals surface area contributed by atoms with E-state index in [1.807, 2.05) is 38.2 Å². The molecule has 1 heterocycles. The second kappa shape index (κ2) is 6.02. The summed E-state index contributed by atoms with van der Waals surface area (Å²) in [5.41, 5.74) is 7.08. The SMILES string of the molecule is CC(N)C(c1ccccc1Cl)N(C)C1CCS(=O)(=O)C1. The van der Waals surface area contributed by atoms with Gasteiger partial charge < -0.3 is 5.73 Å². The van der Waals surface area contributed by atoms with Crippen LogP contribution in [0.4, 0.5) is 0 Å². The van der Waals surface area contributed by atoms with Crippen LogP contribution < -0.4 is 5.73 Å². The molecule has 2 N–H and O–H groups in total. The number of benzene rings is 1. The van der Waals surface area contributed by atoms with Crippen molar-refractivity contribution in [2.45, 2.75) is 31.5 Å². The summed E-state index contributed by atoms with van der Waals surface area (Å²) in [6, 6.07) is 7.39. The van der Waals surface area contributed by atoms with E-state index in [-0.39, 0.29) is 29.6 Å². The Morgan fingerprint density at radius 1 is 1.40 bits per heavy atom. The van der Waals surface area contributed by atoms with E-state index in [4.69, 9.17) is 17.3 Å². The number of sulfone groups is 1. The highest BCUT2D eigenvalue weighted by atomic mass is 35.5. The van der Waals surface area contributed by atoms with Gasteiger partial charge in [0, 0.05) is 17.1 Å². The van der Waals surface area contributed by atoms with Gasteiger partial charge in [-0.15, -0.1) is 0 Å². The summed E-state index contributed by atoms with van der Waals surface area (Å²) in [6.45, 7) is 1.92. The van der Waals surface area contributed by atoms with Crippen LogP contribution in [0, 0.1) is 0 Å². The lowest BCUT2D eigenvalue weighted by Gasteiger charge is -2.35. The molecule has 0 spiro atoms. The van der Waals surface area contributed by atoms with E-state index >= 15 is 0 Å². The molecular weight excluding hydrogens is 296 g/mol. The first kappa shape index (κ1) is 15.8. The van der Waals surface area contributed by atoms with Crippen molar-refractivity contribution in [2.24, 2.45) is 5.73 Å². The maximum atomic E-state index is 11.7. The third-order valence-corrected chi connectivity index (χ3v) is 6.04. The summed E-state index contributed by atoms with van der Waals surface area (Å²) < 4.78 is 23.3. The first-order valence-electron chi connectivity index (χ1n) is 6.74. The summed E-state index contributed by atoms with van der Waals surface area (Å²) in [5.74, 6) is 0.466. The highest BCUT2D eigenvalue weighted by Crippen LogP contribution is 2.32. The highest BCUT2D eigenvalue weighted by Gasteiger charge is 2.35. The summed E-state index contributed by atoms with van der Waals surface area (Å²) >= 11 is 6.27. The van der Waals surface area contributed by atoms with Crippen LogP contribution in [0.3, 0.4) is 0 Å². The third kappa shape index (κ3) is 3.34. The van der Waals surface area contributed by atoms with Crippen molar-refractivity contribution in [3.63, 3.8) is 0 Å². The predicted octanol–water partition coefficient (Wildman–Crippen LogP) is 1.85. The maximum absolute atomic E-state index is 11.7. The number of rotatable bonds is 4. The molecule has 1 aliphatic rings. The van der Waals surface area contributed by atoms with E-state index < -0.39 is 9.84 Å². The molecule has 3 atom stereocenters. The molecular formula is C14H21ClN2O2S. The molecule has 1 aliphatic heterocycles. The Balaban J connectivity index is 2.28. The smallest absolute Gasteiger partial charge is 0.151 e. The van der Waals surface area contributed by atoms with E-state index in [2.05, 4.69) is 4.90 Å². The molecule has 2 rings (SSSR count). The quantitative estimate of drug-likeness (QED) is 0.920. The topological polar surface area (TPSA) is 63.4 Å². The molecule has 20 heavy (non-hydrogen) atoms. The minimum absolute atomic E-state index is 0.00673. The Hall–Kier alpha value is -0.620. The molecule has 6 heteroatoms. The van der Waals surface area contributed by atoms with Crippen LogP contribution in [0.25, 0.3) is 0 Å². The van der Waals surface area contributed by atoms with Gasteiger partial charge in [0.2, 0.25) is 0 Å². The van der Waals surface area contributed by atoms with Gasteiger partial charge in [0.1, 0.15) is 0 Å². The number of likely N-dealkylation sites (N-methyl/N-ethyl adjacent to an activating group) is 1. The molecule has 1 aromatic rings. The average Bonchev–Trinajstić information content (AvgIpc) is 2.72. The average molecular weight is 317 g/mol. The molecule has 0 aromatic heterocycles. The number of nitrogens with two attached hydrogens (primary N) is 1. The van der Waals surface area contributed by atoms with Crippen molar-refractivity contribution in [3.8, 4) is 0 Å². The molecule has 112 valence electrons. The molecule has 0 saturated carbocycles. The van der Waals surface area contributed by atoms with Crippen molar-refractivity contribution in [2.75, 3.05) is 18.6 Å². The van der Waals surface area contributed by atoms with E-state index in [1.165, 1.54) is 0 Å². The number of nitrogens with zero attached hydrogens (tertiary/aromatic N) is 1. The highest BCUT2D eigenvalue weighted by molar-refractivity contribution is 7.91. The molecule has 4 nitrogen and oxygen atoms in total. The van der Waals surface area contributed by atoms with E-state index in [0.717, 1.165) is 5.56 Å². The molecule has 3 unspecified atom stereocenters. The van der Waals surface area contributed by atoms with Gasteiger partial charge in [0.25, 0.3) is 0 Å². The van der Waals surface area contributed by atoms with Gasteiger partial charge in [-0.25, -0.2) is 8.42 Å². The molecule has 0 bridgehead atoms. The van der Waals surface area contributed by atoms with E-state index in [1.54, 1.807) is 0 Å². The van der Waals surface area contributed by atoms with Crippen molar-refractivity contribution >= 4 is 21.4 Å². The van der Waals surface area contributed by atoms with Crippen LogP contribution in [0.1, 0.15) is 24.9 Å². The molecule has 1 aromatic carbocycles. The van der Waals surface area contributed by atoms with Crippen LogP contribution in [0.2, 0.25) is 5.02 Å².